The third-order valence-corrected chi connectivity index (χ3v) is 6.87. The van der Waals surface area contributed by atoms with E-state index in [1.54, 1.807) is 47.1 Å². The summed E-state index contributed by atoms with van der Waals surface area (Å²) in [7, 11) is -3.98. The minimum atomic E-state index is -3.98. The van der Waals surface area contributed by atoms with Gasteiger partial charge in [0.05, 0.1) is 21.8 Å². The van der Waals surface area contributed by atoms with E-state index in [1.807, 2.05) is 24.3 Å². The average molecular weight is 489 g/mol. The van der Waals surface area contributed by atoms with Crippen molar-refractivity contribution in [2.24, 2.45) is 0 Å². The topological polar surface area (TPSA) is 94.0 Å². The van der Waals surface area contributed by atoms with Crippen LogP contribution in [0.2, 0.25) is 5.02 Å². The molecule has 1 aromatic heterocycles. The first-order valence-electron chi connectivity index (χ1n) is 10.3. The second kappa shape index (κ2) is 8.74. The molecule has 0 radical (unpaired) electrons. The molecule has 0 amide bonds. The predicted octanol–water partition coefficient (Wildman–Crippen LogP) is 5.11. The van der Waals surface area contributed by atoms with Gasteiger partial charge in [0, 0.05) is 16.1 Å². The number of hydrogen-bond donors (Lipinski definition) is 1. The minimum absolute atomic E-state index is 0.0359. The Balaban J connectivity index is 1.46. The van der Waals surface area contributed by atoms with Crippen LogP contribution in [0.1, 0.15) is 15.9 Å². The monoisotopic (exact) mass is 488 g/mol. The number of hydrogen-bond acceptors (Lipinski definition) is 5. The number of carbonyl (C=O) groups is 1. The zero-order valence-electron chi connectivity index (χ0n) is 17.6. The molecule has 1 heterocycles. The minimum Gasteiger partial charge on any atom is -0.289 e. The summed E-state index contributed by atoms with van der Waals surface area (Å²) >= 11 is 6.10. The van der Waals surface area contributed by atoms with Gasteiger partial charge in [0.1, 0.15) is 5.52 Å². The molecule has 0 unspecified atom stereocenters. The summed E-state index contributed by atoms with van der Waals surface area (Å²) < 4.78 is 30.4. The third kappa shape index (κ3) is 4.16. The first-order chi connectivity index (χ1) is 16.4. The summed E-state index contributed by atoms with van der Waals surface area (Å²) in [5.41, 5.74) is 2.94. The molecule has 168 valence electrons. The van der Waals surface area contributed by atoms with E-state index >= 15 is 0 Å². The number of nitrogens with zero attached hydrogens (tertiary/aromatic N) is 3. The van der Waals surface area contributed by atoms with Gasteiger partial charge in [0.25, 0.3) is 10.0 Å². The van der Waals surface area contributed by atoms with Crippen LogP contribution >= 0.6 is 11.6 Å². The van der Waals surface area contributed by atoms with Crippen LogP contribution in [-0.4, -0.2) is 29.2 Å². The molecule has 0 aliphatic heterocycles. The first-order valence-corrected chi connectivity index (χ1v) is 12.1. The largest absolute Gasteiger partial charge is 0.289 e. The van der Waals surface area contributed by atoms with Crippen LogP contribution in [0.25, 0.3) is 16.7 Å². The molecule has 5 rings (SSSR count). The van der Waals surface area contributed by atoms with Crippen LogP contribution in [0.3, 0.4) is 0 Å². The van der Waals surface area contributed by atoms with E-state index in [4.69, 9.17) is 11.6 Å². The number of aromatic nitrogens is 3. The molecule has 0 atom stereocenters. The van der Waals surface area contributed by atoms with E-state index in [0.29, 0.717) is 16.3 Å². The van der Waals surface area contributed by atoms with Crippen molar-refractivity contribution >= 4 is 44.1 Å². The Hall–Kier alpha value is -4.01. The smallest absolute Gasteiger partial charge is 0.261 e. The lowest BCUT2D eigenvalue weighted by atomic mass is 10.0. The van der Waals surface area contributed by atoms with Crippen LogP contribution in [0.4, 0.5) is 5.69 Å². The number of halogens is 1. The number of anilines is 1. The van der Waals surface area contributed by atoms with Crippen molar-refractivity contribution in [3.05, 3.63) is 113 Å². The van der Waals surface area contributed by atoms with Gasteiger partial charge in [-0.25, -0.2) is 13.1 Å². The van der Waals surface area contributed by atoms with Gasteiger partial charge >= 0.3 is 0 Å². The molecule has 0 spiro atoms. The van der Waals surface area contributed by atoms with Gasteiger partial charge in [0.2, 0.25) is 0 Å². The van der Waals surface area contributed by atoms with Crippen LogP contribution in [-0.2, 0) is 10.0 Å². The van der Waals surface area contributed by atoms with Gasteiger partial charge in [-0.2, -0.15) is 0 Å². The van der Waals surface area contributed by atoms with E-state index in [9.17, 15) is 13.2 Å². The standard InChI is InChI=1S/C25H17ClN4O3S/c26-18-10-15-22(21(16-18)25(31)17-6-2-1-3-7-17)28-34(32,33)20-13-11-19(12-14-20)30-24-9-5-4-8-23(24)27-29-30/h1-16,28H. The lowest BCUT2D eigenvalue weighted by Crippen LogP contribution is -2.16. The fourth-order valence-electron chi connectivity index (χ4n) is 3.57. The van der Waals surface area contributed by atoms with Gasteiger partial charge in [0.15, 0.2) is 5.78 Å². The van der Waals surface area contributed by atoms with E-state index < -0.39 is 10.0 Å². The molecular weight excluding hydrogens is 472 g/mol. The molecular formula is C25H17ClN4O3S. The van der Waals surface area contributed by atoms with Crippen molar-refractivity contribution in [1.82, 2.24) is 15.0 Å². The molecule has 4 aromatic carbocycles. The van der Waals surface area contributed by atoms with Crippen molar-refractivity contribution in [2.75, 3.05) is 4.72 Å². The summed E-state index contributed by atoms with van der Waals surface area (Å²) in [5, 5.41) is 8.59. The second-order valence-electron chi connectivity index (χ2n) is 7.47. The SMILES string of the molecule is O=C(c1ccccc1)c1cc(Cl)ccc1NS(=O)(=O)c1ccc(-n2nnc3ccccc32)cc1. The zero-order chi connectivity index (χ0) is 23.7. The molecule has 1 N–H and O–H groups in total. The number of para-hydroxylation sites is 1. The number of sulfonamides is 1. The van der Waals surface area contributed by atoms with Crippen molar-refractivity contribution in [1.29, 1.82) is 0 Å². The summed E-state index contributed by atoms with van der Waals surface area (Å²) in [6.45, 7) is 0. The fraction of sp³-hybridized carbons (Fsp3) is 0. The van der Waals surface area contributed by atoms with E-state index in [2.05, 4.69) is 15.0 Å². The molecule has 9 heteroatoms. The number of ketones is 1. The van der Waals surface area contributed by atoms with Crippen LogP contribution < -0.4 is 4.72 Å². The summed E-state index contributed by atoms with van der Waals surface area (Å²) in [5.74, 6) is -0.339. The average Bonchev–Trinajstić information content (AvgIpc) is 3.29. The van der Waals surface area contributed by atoms with Crippen molar-refractivity contribution < 1.29 is 13.2 Å². The second-order valence-corrected chi connectivity index (χ2v) is 9.59. The highest BCUT2D eigenvalue weighted by molar-refractivity contribution is 7.92. The summed E-state index contributed by atoms with van der Waals surface area (Å²) in [6.07, 6.45) is 0. The normalized spacial score (nSPS) is 11.4. The Kier molecular flexibility index (Phi) is 5.61. The number of rotatable bonds is 6. The highest BCUT2D eigenvalue weighted by Gasteiger charge is 2.20. The van der Waals surface area contributed by atoms with Gasteiger partial charge in [-0.1, -0.05) is 59.3 Å². The van der Waals surface area contributed by atoms with Crippen molar-refractivity contribution in [3.8, 4) is 5.69 Å². The maximum atomic E-state index is 13.1. The number of nitrogens with one attached hydrogen (secondary N) is 1. The molecule has 0 aliphatic rings. The first kappa shape index (κ1) is 21.8. The molecule has 0 aliphatic carbocycles. The Labute approximate surface area is 200 Å². The highest BCUT2D eigenvalue weighted by atomic mass is 35.5. The Bertz CT molecular complexity index is 1620. The number of fused-ring (bicyclic) bond motifs is 1. The molecule has 0 bridgehead atoms. The maximum Gasteiger partial charge on any atom is 0.261 e. The molecule has 7 nitrogen and oxygen atoms in total. The van der Waals surface area contributed by atoms with E-state index in [1.165, 1.54) is 30.3 Å². The van der Waals surface area contributed by atoms with Crippen molar-refractivity contribution in [2.45, 2.75) is 4.90 Å². The van der Waals surface area contributed by atoms with Gasteiger partial charge in [-0.05, 0) is 54.6 Å². The van der Waals surface area contributed by atoms with Crippen LogP contribution in [0.5, 0.6) is 0 Å². The lowest BCUT2D eigenvalue weighted by Gasteiger charge is -2.13. The fourth-order valence-corrected chi connectivity index (χ4v) is 4.82. The van der Waals surface area contributed by atoms with Gasteiger partial charge in [-0.15, -0.1) is 5.10 Å². The molecule has 0 fully saturated rings. The maximum absolute atomic E-state index is 13.1. The highest BCUT2D eigenvalue weighted by Crippen LogP contribution is 2.27. The molecule has 34 heavy (non-hydrogen) atoms. The lowest BCUT2D eigenvalue weighted by molar-refractivity contribution is 0.103. The predicted molar refractivity (Wildman–Crippen MR) is 131 cm³/mol. The zero-order valence-corrected chi connectivity index (χ0v) is 19.2. The third-order valence-electron chi connectivity index (χ3n) is 5.25. The van der Waals surface area contributed by atoms with E-state index in [-0.39, 0.29) is 21.9 Å². The van der Waals surface area contributed by atoms with Crippen molar-refractivity contribution in [3.63, 3.8) is 0 Å². The molecule has 5 aromatic rings. The number of benzene rings is 4. The van der Waals surface area contributed by atoms with Crippen LogP contribution in [0, 0.1) is 0 Å². The molecule has 0 saturated carbocycles. The Morgan fingerprint density at radius 2 is 1.56 bits per heavy atom. The Morgan fingerprint density at radius 1 is 0.853 bits per heavy atom. The van der Waals surface area contributed by atoms with Gasteiger partial charge < -0.3 is 0 Å². The quantitative estimate of drug-likeness (QED) is 0.335. The summed E-state index contributed by atoms with van der Waals surface area (Å²) in [4.78, 5) is 13.1. The van der Waals surface area contributed by atoms with Gasteiger partial charge in [-0.3, -0.25) is 9.52 Å². The molecule has 0 saturated heterocycles. The van der Waals surface area contributed by atoms with Crippen LogP contribution in [0.15, 0.2) is 102 Å². The number of carbonyl (C=O) groups excluding carboxylic acids is 1. The summed E-state index contributed by atoms with van der Waals surface area (Å²) in [6, 6.07) is 26.8. The Morgan fingerprint density at radius 3 is 2.32 bits per heavy atom. The van der Waals surface area contributed by atoms with E-state index in [0.717, 1.165) is 11.0 Å².